The summed E-state index contributed by atoms with van der Waals surface area (Å²) in [5, 5.41) is 34.7. The summed E-state index contributed by atoms with van der Waals surface area (Å²) in [5.74, 6) is -2.04. The van der Waals surface area contributed by atoms with Crippen molar-refractivity contribution in [3.05, 3.63) is 101 Å². The molecule has 1 aliphatic carbocycles. The van der Waals surface area contributed by atoms with Gasteiger partial charge in [-0.25, -0.2) is 4.39 Å². The van der Waals surface area contributed by atoms with Gasteiger partial charge in [0.2, 0.25) is 0 Å². The van der Waals surface area contributed by atoms with Crippen LogP contribution < -0.4 is 10.4 Å². The van der Waals surface area contributed by atoms with Crippen LogP contribution in [0, 0.1) is 5.92 Å². The molecule has 2 aliphatic rings. The Morgan fingerprint density at radius 1 is 1.05 bits per heavy atom. The van der Waals surface area contributed by atoms with Crippen LogP contribution in [0.1, 0.15) is 51.0 Å². The van der Waals surface area contributed by atoms with E-state index in [1.165, 1.54) is 6.08 Å². The molecule has 0 aromatic heterocycles. The molecular weight excluding hydrogens is 523 g/mol. The minimum Gasteiger partial charge on any atom is -0.550 e. The highest BCUT2D eigenvalue weighted by molar-refractivity contribution is 6.06. The van der Waals surface area contributed by atoms with Gasteiger partial charge in [-0.15, -0.1) is 0 Å². The Balaban J connectivity index is 1.76. The Hall–Kier alpha value is -3.75. The van der Waals surface area contributed by atoms with Gasteiger partial charge in [-0.3, -0.25) is 4.79 Å². The third kappa shape index (κ3) is 7.51. The fourth-order valence-electron chi connectivity index (χ4n) is 5.89. The van der Waals surface area contributed by atoms with Crippen molar-refractivity contribution in [2.45, 2.75) is 69.9 Å². The van der Waals surface area contributed by atoms with Crippen LogP contribution in [0.5, 0.6) is 0 Å². The summed E-state index contributed by atoms with van der Waals surface area (Å²) in [6.07, 6.45) is 1.75. The van der Waals surface area contributed by atoms with Crippen LogP contribution in [0.3, 0.4) is 0 Å². The Morgan fingerprint density at radius 3 is 2.29 bits per heavy atom. The number of nitrogens with zero attached hydrogens (tertiary/aromatic N) is 1. The van der Waals surface area contributed by atoms with Crippen LogP contribution >= 0.6 is 0 Å². The van der Waals surface area contributed by atoms with E-state index >= 15 is 0 Å². The highest BCUT2D eigenvalue weighted by atomic mass is 19.1. The summed E-state index contributed by atoms with van der Waals surface area (Å²) < 4.78 is 14.2. The van der Waals surface area contributed by atoms with Crippen molar-refractivity contribution >= 4 is 17.6 Å². The second kappa shape index (κ2) is 13.7. The minimum absolute atomic E-state index is 0.0642. The molecule has 3 N–H and O–H groups in total. The molecule has 41 heavy (non-hydrogen) atoms. The Labute approximate surface area is 240 Å². The summed E-state index contributed by atoms with van der Waals surface area (Å²) in [7, 11) is 0. The molecule has 2 aromatic rings. The van der Waals surface area contributed by atoms with Crippen LogP contribution in [0.2, 0.25) is 0 Å². The summed E-state index contributed by atoms with van der Waals surface area (Å²) >= 11 is 0. The Morgan fingerprint density at radius 2 is 1.71 bits per heavy atom. The smallest absolute Gasteiger partial charge is 0.254 e. The van der Waals surface area contributed by atoms with E-state index < -0.39 is 30.8 Å². The highest BCUT2D eigenvalue weighted by Crippen LogP contribution is 2.47. The predicted molar refractivity (Wildman–Crippen MR) is 154 cm³/mol. The number of aliphatic carboxylic acids is 1. The number of hydrogen-bond donors (Lipinski definition) is 3. The lowest BCUT2D eigenvalue weighted by Gasteiger charge is -2.36. The lowest BCUT2D eigenvalue weighted by molar-refractivity contribution is -0.307. The van der Waals surface area contributed by atoms with Gasteiger partial charge in [-0.1, -0.05) is 80.6 Å². The zero-order chi connectivity index (χ0) is 29.5. The topological polar surface area (TPSA) is 113 Å². The quantitative estimate of drug-likeness (QED) is 0.363. The molecule has 0 saturated heterocycles. The summed E-state index contributed by atoms with van der Waals surface area (Å²) in [6, 6.07) is 18.7. The average Bonchev–Trinajstić information content (AvgIpc) is 3.28. The van der Waals surface area contributed by atoms with Gasteiger partial charge >= 0.3 is 0 Å². The van der Waals surface area contributed by atoms with Crippen molar-refractivity contribution in [1.82, 2.24) is 4.90 Å². The van der Waals surface area contributed by atoms with E-state index in [1.54, 1.807) is 6.08 Å². The molecule has 5 atom stereocenters. The van der Waals surface area contributed by atoms with Gasteiger partial charge in [0.15, 0.2) is 0 Å². The van der Waals surface area contributed by atoms with E-state index in [-0.39, 0.29) is 43.0 Å². The minimum atomic E-state index is -1.38. The molecule has 0 fully saturated rings. The Bertz CT molecular complexity index is 1290. The fraction of sp³-hybridized carbons (Fsp3) is 0.394. The van der Waals surface area contributed by atoms with Gasteiger partial charge in [-0.2, -0.15) is 0 Å². The number of allylic oxidation sites excluding steroid dienone is 3. The summed E-state index contributed by atoms with van der Waals surface area (Å²) in [6.45, 7) is 4.38. The van der Waals surface area contributed by atoms with Crippen LogP contribution in [-0.4, -0.2) is 58.0 Å². The van der Waals surface area contributed by atoms with Gasteiger partial charge < -0.3 is 30.3 Å². The summed E-state index contributed by atoms with van der Waals surface area (Å²) in [5.41, 5.74) is 3.95. The molecule has 5 unspecified atom stereocenters. The van der Waals surface area contributed by atoms with Crippen LogP contribution in [0.15, 0.2) is 95.7 Å². The van der Waals surface area contributed by atoms with E-state index in [0.29, 0.717) is 17.8 Å². The molecule has 0 bridgehead atoms. The molecule has 7 nitrogen and oxygen atoms in total. The number of carboxylic acids is 1. The maximum Gasteiger partial charge on any atom is 0.254 e. The van der Waals surface area contributed by atoms with Crippen molar-refractivity contribution < 1.29 is 29.3 Å². The molecule has 0 radical (unpaired) electrons. The van der Waals surface area contributed by atoms with E-state index in [9.17, 15) is 29.3 Å². The van der Waals surface area contributed by atoms with E-state index in [4.69, 9.17) is 0 Å². The molecular formula is C33H38FN2O5-. The lowest BCUT2D eigenvalue weighted by Crippen LogP contribution is -2.38. The van der Waals surface area contributed by atoms with E-state index in [0.717, 1.165) is 16.8 Å². The van der Waals surface area contributed by atoms with Gasteiger partial charge in [-0.05, 0) is 42.0 Å². The molecule has 1 amide bonds. The maximum absolute atomic E-state index is 14.2. The first-order valence-electron chi connectivity index (χ1n) is 14.2. The first kappa shape index (κ1) is 30.2. The van der Waals surface area contributed by atoms with Crippen molar-refractivity contribution in [3.63, 3.8) is 0 Å². The van der Waals surface area contributed by atoms with Crippen LogP contribution in [0.25, 0.3) is 0 Å². The first-order valence-corrected chi connectivity index (χ1v) is 14.2. The van der Waals surface area contributed by atoms with Gasteiger partial charge in [0, 0.05) is 48.2 Å². The molecule has 2 aromatic carbocycles. The normalized spacial score (nSPS) is 22.0. The second-order valence-electron chi connectivity index (χ2n) is 11.0. The molecule has 0 saturated carbocycles. The third-order valence-electron chi connectivity index (χ3n) is 7.60. The number of aliphatic hydroxyl groups excluding tert-OH is 2. The predicted octanol–water partition coefficient (Wildman–Crippen LogP) is 3.87. The number of rotatable bonds is 12. The zero-order valence-corrected chi connectivity index (χ0v) is 23.4. The maximum atomic E-state index is 14.2. The zero-order valence-electron chi connectivity index (χ0n) is 23.4. The van der Waals surface area contributed by atoms with Crippen LogP contribution in [-0.2, 0) is 9.59 Å². The van der Waals surface area contributed by atoms with Crippen molar-refractivity contribution in [1.29, 1.82) is 0 Å². The number of carbonyl (C=O) groups excluding carboxylic acids is 2. The van der Waals surface area contributed by atoms with Gasteiger partial charge in [0.25, 0.3) is 5.91 Å². The number of carboxylic acid groups (broad SMARTS) is 1. The van der Waals surface area contributed by atoms with Gasteiger partial charge in [0.1, 0.15) is 6.17 Å². The molecule has 1 heterocycles. The number of nitrogens with one attached hydrogen (secondary N) is 1. The van der Waals surface area contributed by atoms with E-state index in [1.807, 2.05) is 80.6 Å². The number of anilines is 1. The van der Waals surface area contributed by atoms with Crippen molar-refractivity contribution in [3.8, 4) is 0 Å². The summed E-state index contributed by atoms with van der Waals surface area (Å²) in [4.78, 5) is 27.1. The number of amides is 1. The monoisotopic (exact) mass is 561 g/mol. The van der Waals surface area contributed by atoms with Crippen molar-refractivity contribution in [2.24, 2.45) is 5.92 Å². The molecule has 8 heteroatoms. The number of carbonyl (C=O) groups is 2. The number of hydrogen-bond acceptors (Lipinski definition) is 6. The molecule has 1 aliphatic heterocycles. The average molecular weight is 562 g/mol. The molecule has 4 rings (SSSR count). The second-order valence-corrected chi connectivity index (χ2v) is 11.0. The number of benzene rings is 2. The standard InChI is InChI=1S/C33H39FN2O5/c1-21(2)31-30(33(41)35-25-11-7-4-8-12-25)29(22-9-5-3-6-10-22)32(23-13-15-24(34)16-14-23)36(31)18-17-26(37)19-27(38)20-28(39)40/h3-15,21,24,26-27,29,32,37-38H,16-20H2,1-2H3,(H,35,41)(H,39,40)/p-1. The SMILES string of the molecule is CC(C)C1=C(C(=O)Nc2ccccc2)C(c2ccccc2)C(C2=CCC(F)C=C2)N1CCC(O)CC(O)CC(=O)[O-]. The van der Waals surface area contributed by atoms with Gasteiger partial charge in [0.05, 0.1) is 18.2 Å². The van der Waals surface area contributed by atoms with Crippen molar-refractivity contribution in [2.75, 3.05) is 11.9 Å². The number of alkyl halides is 1. The molecule has 0 spiro atoms. The number of aliphatic hydroxyl groups is 2. The highest BCUT2D eigenvalue weighted by Gasteiger charge is 2.46. The molecule has 218 valence electrons. The third-order valence-corrected chi connectivity index (χ3v) is 7.60. The largest absolute Gasteiger partial charge is 0.550 e. The fourth-order valence-corrected chi connectivity index (χ4v) is 5.89. The Kier molecular flexibility index (Phi) is 10.1. The van der Waals surface area contributed by atoms with E-state index in [2.05, 4.69) is 10.2 Å². The first-order chi connectivity index (χ1) is 19.7. The van der Waals surface area contributed by atoms with Crippen LogP contribution in [0.4, 0.5) is 10.1 Å². The lowest BCUT2D eigenvalue weighted by atomic mass is 9.81. The number of para-hydroxylation sites is 1. The number of halogens is 1.